The van der Waals surface area contributed by atoms with Gasteiger partial charge in [0.05, 0.1) is 18.1 Å². The number of allylic oxidation sites excluding steroid dienone is 3. The van der Waals surface area contributed by atoms with Gasteiger partial charge in [-0.3, -0.25) is 0 Å². The Morgan fingerprint density at radius 1 is 1.64 bits per heavy atom. The topological polar surface area (TPSA) is 15.3 Å². The fraction of sp³-hybridized carbons (Fsp3) is 0.500. The van der Waals surface area contributed by atoms with Crippen molar-refractivity contribution in [3.63, 3.8) is 0 Å². The van der Waals surface area contributed by atoms with Crippen LogP contribution in [0.2, 0.25) is 0 Å². The summed E-state index contributed by atoms with van der Waals surface area (Å²) in [6, 6.07) is 0. The number of likely N-dealkylation sites (N-methyl/N-ethyl adjacent to an activating group) is 1. The summed E-state index contributed by atoms with van der Waals surface area (Å²) < 4.78 is 0. The van der Waals surface area contributed by atoms with Gasteiger partial charge in [0.2, 0.25) is 0 Å². The molecule has 1 rings (SSSR count). The molecule has 0 aromatic heterocycles. The van der Waals surface area contributed by atoms with Crippen molar-refractivity contribution in [1.29, 1.82) is 0 Å². The molecule has 0 unspecified atom stereocenters. The summed E-state index contributed by atoms with van der Waals surface area (Å²) >= 11 is 0. The number of hydrogen-bond donors (Lipinski definition) is 1. The van der Waals surface area contributed by atoms with Crippen LogP contribution in [-0.4, -0.2) is 18.6 Å². The van der Waals surface area contributed by atoms with E-state index in [1.165, 1.54) is 17.0 Å². The van der Waals surface area contributed by atoms with E-state index in [-0.39, 0.29) is 0 Å². The molecule has 0 amide bonds. The van der Waals surface area contributed by atoms with Crippen LogP contribution in [0.15, 0.2) is 35.7 Å². The van der Waals surface area contributed by atoms with Gasteiger partial charge in [-0.2, -0.15) is 0 Å². The van der Waals surface area contributed by atoms with Gasteiger partial charge in [-0.1, -0.05) is 12.2 Å². The lowest BCUT2D eigenvalue weighted by Gasteiger charge is -2.14. The summed E-state index contributed by atoms with van der Waals surface area (Å²) in [4.78, 5) is 2.26. The predicted octanol–water partition coefficient (Wildman–Crippen LogP) is 2.62. The van der Waals surface area contributed by atoms with Gasteiger partial charge in [0.25, 0.3) is 0 Å². The zero-order valence-electron chi connectivity index (χ0n) is 9.43. The Morgan fingerprint density at radius 3 is 2.93 bits per heavy atom. The van der Waals surface area contributed by atoms with E-state index in [4.69, 9.17) is 0 Å². The van der Waals surface area contributed by atoms with Crippen LogP contribution < -0.4 is 5.32 Å². The lowest BCUT2D eigenvalue weighted by Crippen LogP contribution is -2.15. The molecule has 0 aromatic carbocycles. The van der Waals surface area contributed by atoms with Crippen LogP contribution in [-0.2, 0) is 0 Å². The van der Waals surface area contributed by atoms with Crippen LogP contribution in [0.3, 0.4) is 0 Å². The number of rotatable bonds is 3. The Balaban J connectivity index is 2.85. The van der Waals surface area contributed by atoms with Gasteiger partial charge >= 0.3 is 0 Å². The standard InChI is InChI=1S/C12H20N2/c1-5-7-8-10(3)12-11(6-2)13-9-14(12)4/h5-6,13H,1,7-9H2,2-4H3/b11-6+,12-10?. The van der Waals surface area contributed by atoms with Crippen LogP contribution in [0.1, 0.15) is 26.7 Å². The minimum atomic E-state index is 0.917. The summed E-state index contributed by atoms with van der Waals surface area (Å²) in [6.07, 6.45) is 6.26. The molecule has 1 aliphatic rings. The van der Waals surface area contributed by atoms with Crippen molar-refractivity contribution in [3.8, 4) is 0 Å². The van der Waals surface area contributed by atoms with E-state index in [0.29, 0.717) is 0 Å². The molecule has 2 heteroatoms. The summed E-state index contributed by atoms with van der Waals surface area (Å²) in [7, 11) is 2.12. The Hall–Kier alpha value is -1.18. The van der Waals surface area contributed by atoms with Gasteiger partial charge in [-0.15, -0.1) is 6.58 Å². The quantitative estimate of drug-likeness (QED) is 0.691. The van der Waals surface area contributed by atoms with E-state index in [1.807, 2.05) is 6.08 Å². The maximum Gasteiger partial charge on any atom is 0.0874 e. The van der Waals surface area contributed by atoms with Gasteiger partial charge < -0.3 is 10.2 Å². The van der Waals surface area contributed by atoms with Crippen LogP contribution in [0.5, 0.6) is 0 Å². The molecule has 0 aliphatic carbocycles. The number of nitrogens with one attached hydrogen (secondary N) is 1. The van der Waals surface area contributed by atoms with Crippen LogP contribution >= 0.6 is 0 Å². The maximum absolute atomic E-state index is 3.75. The molecule has 0 radical (unpaired) electrons. The first-order chi connectivity index (χ1) is 6.70. The Morgan fingerprint density at radius 2 is 2.36 bits per heavy atom. The van der Waals surface area contributed by atoms with Crippen molar-refractivity contribution in [2.45, 2.75) is 26.7 Å². The first-order valence-electron chi connectivity index (χ1n) is 5.13. The highest BCUT2D eigenvalue weighted by molar-refractivity contribution is 5.35. The van der Waals surface area contributed by atoms with Crippen molar-refractivity contribution in [1.82, 2.24) is 10.2 Å². The van der Waals surface area contributed by atoms with E-state index < -0.39 is 0 Å². The highest BCUT2D eigenvalue weighted by Gasteiger charge is 2.18. The summed E-state index contributed by atoms with van der Waals surface area (Å²) in [5, 5.41) is 3.37. The molecule has 1 saturated heterocycles. The average Bonchev–Trinajstić information content (AvgIpc) is 2.56. The third-order valence-corrected chi connectivity index (χ3v) is 2.56. The van der Waals surface area contributed by atoms with E-state index >= 15 is 0 Å². The number of hydrogen-bond acceptors (Lipinski definition) is 2. The van der Waals surface area contributed by atoms with Crippen LogP contribution in [0.25, 0.3) is 0 Å². The lowest BCUT2D eigenvalue weighted by atomic mass is 10.1. The zero-order chi connectivity index (χ0) is 10.6. The van der Waals surface area contributed by atoms with Crippen molar-refractivity contribution in [2.24, 2.45) is 0 Å². The highest BCUT2D eigenvalue weighted by Crippen LogP contribution is 2.23. The van der Waals surface area contributed by atoms with Crippen molar-refractivity contribution in [2.75, 3.05) is 13.7 Å². The highest BCUT2D eigenvalue weighted by atomic mass is 15.3. The zero-order valence-corrected chi connectivity index (χ0v) is 9.43. The molecule has 78 valence electrons. The third-order valence-electron chi connectivity index (χ3n) is 2.56. The second kappa shape index (κ2) is 4.89. The molecule has 1 N–H and O–H groups in total. The summed E-state index contributed by atoms with van der Waals surface area (Å²) in [6.45, 7) is 8.94. The molecule has 1 fully saturated rings. The van der Waals surface area contributed by atoms with Gasteiger partial charge in [0, 0.05) is 7.05 Å². The Bertz CT molecular complexity index is 274. The number of nitrogens with zero attached hydrogens (tertiary/aromatic N) is 1. The van der Waals surface area contributed by atoms with Gasteiger partial charge in [0.1, 0.15) is 0 Å². The molecule has 2 nitrogen and oxygen atoms in total. The SMILES string of the molecule is C=CCCC(C)=C1/C(=C\C)NCN1C. The fourth-order valence-electron chi connectivity index (χ4n) is 1.80. The van der Waals surface area contributed by atoms with E-state index in [1.54, 1.807) is 0 Å². The fourth-order valence-corrected chi connectivity index (χ4v) is 1.80. The summed E-state index contributed by atoms with van der Waals surface area (Å²) in [5.74, 6) is 0. The first kappa shape index (κ1) is 10.9. The second-order valence-electron chi connectivity index (χ2n) is 3.69. The minimum absolute atomic E-state index is 0.917. The molecule has 1 heterocycles. The van der Waals surface area contributed by atoms with Crippen molar-refractivity contribution < 1.29 is 0 Å². The largest absolute Gasteiger partial charge is 0.366 e. The van der Waals surface area contributed by atoms with Gasteiger partial charge in [0.15, 0.2) is 0 Å². The van der Waals surface area contributed by atoms with E-state index in [9.17, 15) is 0 Å². The monoisotopic (exact) mass is 192 g/mol. The molecular weight excluding hydrogens is 172 g/mol. The lowest BCUT2D eigenvalue weighted by molar-refractivity contribution is 0.460. The first-order valence-corrected chi connectivity index (χ1v) is 5.13. The summed E-state index contributed by atoms with van der Waals surface area (Å²) in [5.41, 5.74) is 4.05. The predicted molar refractivity (Wildman–Crippen MR) is 61.7 cm³/mol. The Kier molecular flexibility index (Phi) is 3.81. The maximum atomic E-state index is 3.75. The van der Waals surface area contributed by atoms with Crippen molar-refractivity contribution >= 4 is 0 Å². The molecular formula is C12H20N2. The van der Waals surface area contributed by atoms with Gasteiger partial charge in [-0.05, 0) is 32.3 Å². The Labute approximate surface area is 87.0 Å². The molecule has 0 bridgehead atoms. The molecule has 1 aliphatic heterocycles. The van der Waals surface area contributed by atoms with Crippen LogP contribution in [0, 0.1) is 0 Å². The average molecular weight is 192 g/mol. The smallest absolute Gasteiger partial charge is 0.0874 e. The third kappa shape index (κ3) is 2.19. The molecule has 0 saturated carbocycles. The van der Waals surface area contributed by atoms with E-state index in [2.05, 4.69) is 43.8 Å². The molecule has 14 heavy (non-hydrogen) atoms. The van der Waals surface area contributed by atoms with E-state index in [0.717, 1.165) is 19.5 Å². The normalized spacial score (nSPS) is 22.5. The van der Waals surface area contributed by atoms with Gasteiger partial charge in [-0.25, -0.2) is 0 Å². The van der Waals surface area contributed by atoms with Crippen molar-refractivity contribution in [3.05, 3.63) is 35.7 Å². The molecule has 0 aromatic rings. The molecule has 0 spiro atoms. The second-order valence-corrected chi connectivity index (χ2v) is 3.69. The molecule has 0 atom stereocenters. The minimum Gasteiger partial charge on any atom is -0.366 e. The van der Waals surface area contributed by atoms with Crippen LogP contribution in [0.4, 0.5) is 0 Å².